The highest BCUT2D eigenvalue weighted by Gasteiger charge is 2.25. The zero-order chi connectivity index (χ0) is 22.2. The number of nitrogens with zero attached hydrogens (tertiary/aromatic N) is 5. The van der Waals surface area contributed by atoms with E-state index in [0.29, 0.717) is 19.8 Å². The first-order valence-corrected chi connectivity index (χ1v) is 11.3. The van der Waals surface area contributed by atoms with Crippen LogP contribution in [0.2, 0.25) is 0 Å². The second kappa shape index (κ2) is 11.3. The number of aliphatic imine (C=N–C) groups is 1. The van der Waals surface area contributed by atoms with E-state index < -0.39 is 0 Å². The monoisotopic (exact) mass is 442 g/mol. The van der Waals surface area contributed by atoms with Gasteiger partial charge in [0.1, 0.15) is 18.5 Å². The Balaban J connectivity index is 1.31. The van der Waals surface area contributed by atoms with Crippen molar-refractivity contribution in [3.8, 4) is 5.75 Å². The fraction of sp³-hybridized carbons (Fsp3) is 0.565. The lowest BCUT2D eigenvalue weighted by Crippen LogP contribution is -2.47. The molecular formula is C23H34N6O3. The summed E-state index contributed by atoms with van der Waals surface area (Å²) >= 11 is 0. The van der Waals surface area contributed by atoms with E-state index in [2.05, 4.69) is 31.3 Å². The topological polar surface area (TPSA) is 76.4 Å². The van der Waals surface area contributed by atoms with Crippen molar-refractivity contribution in [3.63, 3.8) is 0 Å². The van der Waals surface area contributed by atoms with Crippen LogP contribution < -0.4 is 10.1 Å². The van der Waals surface area contributed by atoms with Crippen LogP contribution in [0.1, 0.15) is 17.2 Å². The van der Waals surface area contributed by atoms with Crippen LogP contribution in [0.4, 0.5) is 0 Å². The molecule has 9 heteroatoms. The Morgan fingerprint density at radius 1 is 1.22 bits per heavy atom. The second-order valence-electron chi connectivity index (χ2n) is 8.06. The number of hydrogen-bond donors (Lipinski definition) is 1. The summed E-state index contributed by atoms with van der Waals surface area (Å²) in [7, 11) is 3.74. The van der Waals surface area contributed by atoms with E-state index in [1.807, 2.05) is 44.7 Å². The highest BCUT2D eigenvalue weighted by molar-refractivity contribution is 5.80. The average molecular weight is 443 g/mol. The maximum absolute atomic E-state index is 6.12. The quantitative estimate of drug-likeness (QED) is 0.511. The molecule has 0 radical (unpaired) electrons. The van der Waals surface area contributed by atoms with Crippen molar-refractivity contribution < 1.29 is 14.2 Å². The number of guanidine groups is 1. The summed E-state index contributed by atoms with van der Waals surface area (Å²) in [6, 6.07) is 8.19. The molecule has 1 N–H and O–H groups in total. The number of benzene rings is 1. The molecule has 1 aromatic heterocycles. The molecule has 2 aliphatic rings. The van der Waals surface area contributed by atoms with Crippen LogP contribution in [0.25, 0.3) is 0 Å². The van der Waals surface area contributed by atoms with E-state index in [9.17, 15) is 0 Å². The minimum absolute atomic E-state index is 0.00759. The van der Waals surface area contributed by atoms with Crippen LogP contribution >= 0.6 is 0 Å². The Labute approximate surface area is 189 Å². The molecule has 0 saturated carbocycles. The van der Waals surface area contributed by atoms with Crippen molar-refractivity contribution >= 4 is 5.96 Å². The Morgan fingerprint density at radius 2 is 2.06 bits per heavy atom. The van der Waals surface area contributed by atoms with Crippen LogP contribution in [-0.4, -0.2) is 91.7 Å². The predicted octanol–water partition coefficient (Wildman–Crippen LogP) is 1.28. The summed E-state index contributed by atoms with van der Waals surface area (Å²) in [6.45, 7) is 7.99. The molecule has 2 fully saturated rings. The highest BCUT2D eigenvalue weighted by Crippen LogP contribution is 2.22. The molecule has 2 aromatic rings. The smallest absolute Gasteiger partial charge is 0.194 e. The van der Waals surface area contributed by atoms with Gasteiger partial charge in [0.25, 0.3) is 0 Å². The molecule has 2 saturated heterocycles. The molecule has 4 rings (SSSR count). The zero-order valence-corrected chi connectivity index (χ0v) is 19.1. The van der Waals surface area contributed by atoms with Gasteiger partial charge in [-0.25, -0.2) is 0 Å². The third-order valence-electron chi connectivity index (χ3n) is 5.85. The van der Waals surface area contributed by atoms with Crippen molar-refractivity contribution in [1.29, 1.82) is 0 Å². The average Bonchev–Trinajstić information content (AvgIpc) is 3.28. The number of rotatable bonds is 7. The molecule has 3 heterocycles. The molecule has 1 atom stereocenters. The molecule has 0 amide bonds. The van der Waals surface area contributed by atoms with Gasteiger partial charge in [0.15, 0.2) is 5.96 Å². The first-order chi connectivity index (χ1) is 15.7. The first kappa shape index (κ1) is 22.6. The lowest BCUT2D eigenvalue weighted by Gasteiger charge is -2.34. The van der Waals surface area contributed by atoms with Crippen LogP contribution in [0.3, 0.4) is 0 Å². The summed E-state index contributed by atoms with van der Waals surface area (Å²) < 4.78 is 19.3. The molecule has 1 aromatic carbocycles. The predicted molar refractivity (Wildman–Crippen MR) is 123 cm³/mol. The first-order valence-electron chi connectivity index (χ1n) is 11.3. The third-order valence-corrected chi connectivity index (χ3v) is 5.85. The minimum Gasteiger partial charge on any atom is -0.492 e. The van der Waals surface area contributed by atoms with Crippen molar-refractivity contribution in [1.82, 2.24) is 24.9 Å². The summed E-state index contributed by atoms with van der Waals surface area (Å²) in [6.07, 6.45) is 3.87. The van der Waals surface area contributed by atoms with Crippen LogP contribution in [0, 0.1) is 0 Å². The normalized spacial score (nSPS) is 20.4. The Bertz CT molecular complexity index is 880. The molecule has 1 unspecified atom stereocenters. The van der Waals surface area contributed by atoms with Crippen LogP contribution in [-0.2, 0) is 23.1 Å². The number of ether oxygens (including phenoxy) is 3. The molecule has 0 spiro atoms. The fourth-order valence-electron chi connectivity index (χ4n) is 4.06. The summed E-state index contributed by atoms with van der Waals surface area (Å²) in [5, 5.41) is 7.78. The van der Waals surface area contributed by atoms with Gasteiger partial charge >= 0.3 is 0 Å². The molecule has 32 heavy (non-hydrogen) atoms. The lowest BCUT2D eigenvalue weighted by atomic mass is 10.1. The molecule has 2 aliphatic heterocycles. The Morgan fingerprint density at radius 3 is 2.84 bits per heavy atom. The van der Waals surface area contributed by atoms with Crippen molar-refractivity contribution in [2.45, 2.75) is 12.6 Å². The zero-order valence-electron chi connectivity index (χ0n) is 19.1. The fourth-order valence-corrected chi connectivity index (χ4v) is 4.06. The Hall–Kier alpha value is -2.62. The number of aryl methyl sites for hydroxylation is 1. The summed E-state index contributed by atoms with van der Waals surface area (Å²) in [5.74, 6) is 1.78. The van der Waals surface area contributed by atoms with E-state index in [0.717, 1.165) is 68.8 Å². The van der Waals surface area contributed by atoms with E-state index in [1.165, 1.54) is 0 Å². The van der Waals surface area contributed by atoms with E-state index in [-0.39, 0.29) is 6.10 Å². The van der Waals surface area contributed by atoms with Gasteiger partial charge in [0, 0.05) is 64.1 Å². The lowest BCUT2D eigenvalue weighted by molar-refractivity contribution is -0.00805. The van der Waals surface area contributed by atoms with Gasteiger partial charge in [-0.05, 0) is 6.07 Å². The number of morpholine rings is 2. The largest absolute Gasteiger partial charge is 0.492 e. The molecule has 0 aliphatic carbocycles. The molecule has 9 nitrogen and oxygen atoms in total. The number of nitrogens with one attached hydrogen (secondary N) is 1. The molecule has 174 valence electrons. The van der Waals surface area contributed by atoms with E-state index in [4.69, 9.17) is 14.2 Å². The van der Waals surface area contributed by atoms with Gasteiger partial charge in [-0.2, -0.15) is 5.10 Å². The second-order valence-corrected chi connectivity index (χ2v) is 8.06. The SMILES string of the molecule is CN=C(NCc1ccccc1OCCN1CCOCC1)N1CCOC(c2cnn(C)c2)C1. The van der Waals surface area contributed by atoms with Crippen LogP contribution in [0.5, 0.6) is 5.75 Å². The van der Waals surface area contributed by atoms with Crippen molar-refractivity contribution in [3.05, 3.63) is 47.8 Å². The number of para-hydroxylation sites is 1. The highest BCUT2D eigenvalue weighted by atomic mass is 16.5. The maximum Gasteiger partial charge on any atom is 0.194 e. The number of hydrogen-bond acceptors (Lipinski definition) is 6. The summed E-state index contributed by atoms with van der Waals surface area (Å²) in [4.78, 5) is 9.13. The Kier molecular flexibility index (Phi) is 7.97. The van der Waals surface area contributed by atoms with Gasteiger partial charge < -0.3 is 24.4 Å². The molecular weight excluding hydrogens is 408 g/mol. The maximum atomic E-state index is 6.12. The number of aromatic nitrogens is 2. The minimum atomic E-state index is -0.00759. The van der Waals surface area contributed by atoms with Crippen molar-refractivity contribution in [2.24, 2.45) is 12.0 Å². The van der Waals surface area contributed by atoms with Gasteiger partial charge in [0.05, 0.1) is 32.6 Å². The summed E-state index contributed by atoms with van der Waals surface area (Å²) in [5.41, 5.74) is 2.21. The van der Waals surface area contributed by atoms with E-state index in [1.54, 1.807) is 4.68 Å². The van der Waals surface area contributed by atoms with Gasteiger partial charge in [-0.1, -0.05) is 18.2 Å². The van der Waals surface area contributed by atoms with Crippen LogP contribution in [0.15, 0.2) is 41.7 Å². The third kappa shape index (κ3) is 5.99. The van der Waals surface area contributed by atoms with Gasteiger partial charge in [0.2, 0.25) is 0 Å². The van der Waals surface area contributed by atoms with Gasteiger partial charge in [-0.3, -0.25) is 14.6 Å². The standard InChI is InChI=1S/C23H34N6O3/c1-24-23(29-10-14-32-22(18-29)20-16-26-27(2)17-20)25-15-19-5-3-4-6-21(19)31-13-9-28-7-11-30-12-8-28/h3-6,16-17,22H,7-15,18H2,1-2H3,(H,24,25). The van der Waals surface area contributed by atoms with Crippen molar-refractivity contribution in [2.75, 3.05) is 66.2 Å². The molecule has 0 bridgehead atoms. The van der Waals surface area contributed by atoms with Gasteiger partial charge in [-0.15, -0.1) is 0 Å². The van der Waals surface area contributed by atoms with E-state index >= 15 is 0 Å².